The quantitative estimate of drug-likeness (QED) is 0.605. The zero-order valence-corrected chi connectivity index (χ0v) is 15.7. The van der Waals surface area contributed by atoms with E-state index in [0.717, 1.165) is 12.1 Å². The molecular formula is C21H4F7N5. The number of hydrogen-bond acceptors (Lipinski definition) is 5. The highest BCUT2D eigenvalue weighted by Gasteiger charge is 2.42. The van der Waals surface area contributed by atoms with Gasteiger partial charge in [0, 0.05) is 10.4 Å². The maximum Gasteiger partial charge on any atom is 0.417 e. The molecule has 0 N–H and O–H groups in total. The van der Waals surface area contributed by atoms with Crippen LogP contribution in [0, 0.1) is 62.5 Å². The van der Waals surface area contributed by atoms with Gasteiger partial charge in [-0.15, -0.1) is 0 Å². The van der Waals surface area contributed by atoms with Crippen LogP contribution in [0.3, 0.4) is 0 Å². The molecule has 0 aliphatic carbocycles. The molecule has 12 heteroatoms. The molecule has 0 heterocycles. The molecule has 0 atom stereocenters. The Hall–Kier alpha value is -4.86. The molecule has 2 rings (SSSR count). The van der Waals surface area contributed by atoms with E-state index in [-0.39, 0.29) is 17.4 Å². The van der Waals surface area contributed by atoms with Gasteiger partial charge in [0.05, 0.1) is 33.9 Å². The summed E-state index contributed by atoms with van der Waals surface area (Å²) >= 11 is 0. The van der Waals surface area contributed by atoms with Crippen molar-refractivity contribution in [3.05, 3.63) is 68.3 Å². The lowest BCUT2D eigenvalue weighted by Crippen LogP contribution is -2.23. The number of nitrogens with zero attached hydrogens (tertiary/aromatic N) is 5. The van der Waals surface area contributed by atoms with Crippen LogP contribution in [0.15, 0.2) is 24.3 Å². The number of nitriles is 5. The van der Waals surface area contributed by atoms with Gasteiger partial charge in [-0.25, -0.2) is 4.39 Å². The number of hydrogen-bond donors (Lipinski definition) is 0. The highest BCUT2D eigenvalue weighted by atomic mass is 19.4. The molecule has 0 saturated carbocycles. The van der Waals surface area contributed by atoms with E-state index in [0.29, 0.717) is 6.07 Å². The van der Waals surface area contributed by atoms with E-state index in [4.69, 9.17) is 15.8 Å². The lowest BCUT2D eigenvalue weighted by atomic mass is 9.92. The van der Waals surface area contributed by atoms with Gasteiger partial charge < -0.3 is 0 Å². The van der Waals surface area contributed by atoms with Crippen molar-refractivity contribution in [1.82, 2.24) is 0 Å². The second kappa shape index (κ2) is 8.71. The summed E-state index contributed by atoms with van der Waals surface area (Å²) in [5, 5.41) is 44.1. The smallest absolute Gasteiger partial charge is 0.206 e. The average molecular weight is 459 g/mol. The number of halogens is 7. The summed E-state index contributed by atoms with van der Waals surface area (Å²) in [5.41, 5.74) is -9.24. The van der Waals surface area contributed by atoms with Crippen molar-refractivity contribution in [1.29, 1.82) is 26.3 Å². The van der Waals surface area contributed by atoms with Crippen molar-refractivity contribution in [2.24, 2.45) is 0 Å². The largest absolute Gasteiger partial charge is 0.417 e. The van der Waals surface area contributed by atoms with E-state index in [1.807, 2.05) is 0 Å². The Kier molecular flexibility index (Phi) is 6.44. The lowest BCUT2D eigenvalue weighted by molar-refractivity contribution is -0.143. The van der Waals surface area contributed by atoms with Crippen LogP contribution in [0.2, 0.25) is 0 Å². The van der Waals surface area contributed by atoms with Crippen LogP contribution in [0.4, 0.5) is 30.7 Å². The van der Waals surface area contributed by atoms with Crippen LogP contribution in [0.1, 0.15) is 27.8 Å². The second-order valence-corrected chi connectivity index (χ2v) is 6.13. The summed E-state index contributed by atoms with van der Waals surface area (Å²) in [4.78, 5) is 0. The first-order valence-electron chi connectivity index (χ1n) is 8.25. The molecule has 0 radical (unpaired) electrons. The van der Waals surface area contributed by atoms with Crippen molar-refractivity contribution in [2.75, 3.05) is 0 Å². The van der Waals surface area contributed by atoms with E-state index < -0.39 is 62.4 Å². The molecular weight excluding hydrogens is 455 g/mol. The lowest BCUT2D eigenvalue weighted by Gasteiger charge is -2.16. The number of alkyl halides is 6. The van der Waals surface area contributed by atoms with Crippen LogP contribution in [0.25, 0.3) is 11.1 Å². The molecule has 0 bridgehead atoms. The third-order valence-corrected chi connectivity index (χ3v) is 4.23. The van der Waals surface area contributed by atoms with Crippen LogP contribution in [0.5, 0.6) is 0 Å². The molecule has 0 spiro atoms. The summed E-state index contributed by atoms with van der Waals surface area (Å²) in [6, 6.07) is 7.90. The fraction of sp³-hybridized carbons (Fsp3) is 0.0952. The van der Waals surface area contributed by atoms with Gasteiger partial charge in [0.15, 0.2) is 0 Å². The van der Waals surface area contributed by atoms with Crippen LogP contribution in [-0.2, 0) is 12.4 Å². The molecule has 0 aliphatic rings. The van der Waals surface area contributed by atoms with Gasteiger partial charge in [0.1, 0.15) is 35.7 Å². The van der Waals surface area contributed by atoms with E-state index in [9.17, 15) is 41.3 Å². The van der Waals surface area contributed by atoms with Crippen molar-refractivity contribution in [3.63, 3.8) is 0 Å². The summed E-state index contributed by atoms with van der Waals surface area (Å²) < 4.78 is 95.2. The van der Waals surface area contributed by atoms with Crippen molar-refractivity contribution in [3.8, 4) is 30.3 Å². The Morgan fingerprint density at radius 1 is 0.697 bits per heavy atom. The van der Waals surface area contributed by atoms with Crippen LogP contribution in [-0.4, -0.2) is 0 Å². The monoisotopic (exact) mass is 459 g/mol. The van der Waals surface area contributed by atoms with Gasteiger partial charge in [-0.2, -0.15) is 52.7 Å². The summed E-state index contributed by atoms with van der Waals surface area (Å²) in [7, 11) is 0. The fourth-order valence-electron chi connectivity index (χ4n) is 2.87. The first-order valence-corrected chi connectivity index (χ1v) is 8.25. The first kappa shape index (κ1) is 24.4. The summed E-state index contributed by atoms with van der Waals surface area (Å²) in [6.07, 6.45) is -10.9. The molecule has 0 fully saturated rings. The zero-order valence-electron chi connectivity index (χ0n) is 15.7. The number of benzene rings is 2. The normalized spacial score (nSPS) is 11.8. The SMILES string of the molecule is N#CC(C#N)=c1cc(F)/c(=C(\C#N)c2cc(C(F)(F)F)c(C#N)c(C(F)(F)F)c2)c(C#N)c1. The molecule has 0 aliphatic heterocycles. The van der Waals surface area contributed by atoms with E-state index >= 15 is 0 Å². The molecule has 5 nitrogen and oxygen atoms in total. The zero-order chi connectivity index (χ0) is 25.1. The molecule has 162 valence electrons. The molecule has 0 amide bonds. The molecule has 2 aromatic carbocycles. The summed E-state index contributed by atoms with van der Waals surface area (Å²) in [6.45, 7) is 0. The summed E-state index contributed by atoms with van der Waals surface area (Å²) in [5.74, 6) is -1.45. The van der Waals surface area contributed by atoms with Gasteiger partial charge in [0.25, 0.3) is 0 Å². The predicted octanol–water partition coefficient (Wildman–Crippen LogP) is 3.53. The highest BCUT2D eigenvalue weighted by Crippen LogP contribution is 2.40. The molecule has 0 unspecified atom stereocenters. The molecule has 0 aromatic heterocycles. The standard InChI is InChI=1S/C21H4F7N5/c22-18-4-10(13(6-30)7-31)1-12(5-29)19(18)14(8-32)11-2-16(20(23,24)25)15(9-33)17(3-11)21(26,27)28/h1-4H/b19-14+. The minimum atomic E-state index is -5.44. The van der Waals surface area contributed by atoms with Gasteiger partial charge in [-0.05, 0) is 29.8 Å². The Morgan fingerprint density at radius 2 is 1.21 bits per heavy atom. The third-order valence-electron chi connectivity index (χ3n) is 4.23. The second-order valence-electron chi connectivity index (χ2n) is 6.13. The molecule has 33 heavy (non-hydrogen) atoms. The van der Waals surface area contributed by atoms with Crippen molar-refractivity contribution >= 4 is 11.1 Å². The number of rotatable bonds is 1. The molecule has 0 saturated heterocycles. The van der Waals surface area contributed by atoms with Gasteiger partial charge in [-0.1, -0.05) is 0 Å². The minimum Gasteiger partial charge on any atom is -0.206 e. The third kappa shape index (κ3) is 4.59. The fourth-order valence-corrected chi connectivity index (χ4v) is 2.87. The van der Waals surface area contributed by atoms with Gasteiger partial charge >= 0.3 is 12.4 Å². The van der Waals surface area contributed by atoms with Gasteiger partial charge in [-0.3, -0.25) is 0 Å². The highest BCUT2D eigenvalue weighted by molar-refractivity contribution is 5.80. The Balaban J connectivity index is 3.21. The van der Waals surface area contributed by atoms with E-state index in [1.165, 1.54) is 24.3 Å². The predicted molar refractivity (Wildman–Crippen MR) is 94.3 cm³/mol. The maximum atomic E-state index is 14.8. The Bertz CT molecular complexity index is 1450. The molecule has 2 aromatic rings. The van der Waals surface area contributed by atoms with Crippen LogP contribution >= 0.6 is 0 Å². The average Bonchev–Trinajstić information content (AvgIpc) is 2.74. The van der Waals surface area contributed by atoms with Crippen molar-refractivity contribution < 1.29 is 30.7 Å². The minimum absolute atomic E-state index is 0.0724. The topological polar surface area (TPSA) is 119 Å². The Morgan fingerprint density at radius 3 is 1.58 bits per heavy atom. The van der Waals surface area contributed by atoms with E-state index in [1.54, 1.807) is 0 Å². The maximum absolute atomic E-state index is 14.8. The van der Waals surface area contributed by atoms with Gasteiger partial charge in [0.2, 0.25) is 0 Å². The Labute approximate surface area is 180 Å². The first-order chi connectivity index (χ1) is 15.3. The van der Waals surface area contributed by atoms with Crippen LogP contribution < -0.4 is 10.4 Å². The van der Waals surface area contributed by atoms with E-state index in [2.05, 4.69) is 0 Å². The van der Waals surface area contributed by atoms with Crippen molar-refractivity contribution in [2.45, 2.75) is 12.4 Å².